The van der Waals surface area contributed by atoms with E-state index >= 15 is 0 Å². The summed E-state index contributed by atoms with van der Waals surface area (Å²) in [5, 5.41) is 7.48. The number of ether oxygens (including phenoxy) is 1. The first-order valence-electron chi connectivity index (χ1n) is 8.08. The lowest BCUT2D eigenvalue weighted by Gasteiger charge is -2.14. The summed E-state index contributed by atoms with van der Waals surface area (Å²) in [5.41, 5.74) is 4.00. The van der Waals surface area contributed by atoms with Gasteiger partial charge in [-0.15, -0.1) is 0 Å². The van der Waals surface area contributed by atoms with E-state index in [9.17, 15) is 4.79 Å². The molecule has 1 atom stereocenters. The van der Waals surface area contributed by atoms with Gasteiger partial charge in [0, 0.05) is 30.8 Å². The molecule has 1 aliphatic rings. The minimum absolute atomic E-state index is 0.0279. The van der Waals surface area contributed by atoms with Gasteiger partial charge in [-0.1, -0.05) is 6.92 Å². The molecule has 3 rings (SSSR count). The smallest absolute Gasteiger partial charge is 0.251 e. The molecule has 2 aromatic rings. The van der Waals surface area contributed by atoms with Crippen molar-refractivity contribution in [2.75, 3.05) is 13.2 Å². The van der Waals surface area contributed by atoms with E-state index in [0.29, 0.717) is 24.6 Å². The number of amides is 1. The lowest BCUT2D eigenvalue weighted by Crippen LogP contribution is -2.30. The number of aromatic nitrogens is 2. The third-order valence-corrected chi connectivity index (χ3v) is 4.15. The molecule has 1 N–H and O–H groups in total. The zero-order valence-corrected chi connectivity index (χ0v) is 13.9. The molecular weight excluding hydrogens is 290 g/mol. The van der Waals surface area contributed by atoms with Gasteiger partial charge in [0.25, 0.3) is 5.91 Å². The number of carbonyl (C=O) groups is 1. The second kappa shape index (κ2) is 6.44. The first-order valence-corrected chi connectivity index (χ1v) is 8.08. The van der Waals surface area contributed by atoms with E-state index in [1.54, 1.807) is 0 Å². The molecule has 122 valence electrons. The largest absolute Gasteiger partial charge is 0.493 e. The normalized spacial score (nSPS) is 14.2. The molecule has 0 spiro atoms. The van der Waals surface area contributed by atoms with Crippen molar-refractivity contribution in [3.63, 3.8) is 0 Å². The van der Waals surface area contributed by atoms with Crippen LogP contribution in [0.4, 0.5) is 0 Å². The second-order valence-corrected chi connectivity index (χ2v) is 6.35. The Kier molecular flexibility index (Phi) is 4.37. The third-order valence-electron chi connectivity index (χ3n) is 4.15. The number of nitrogens with zero attached hydrogens (tertiary/aromatic N) is 2. The zero-order chi connectivity index (χ0) is 16.4. The number of carbonyl (C=O) groups excluding carboxylic acids is 1. The van der Waals surface area contributed by atoms with Crippen LogP contribution in [-0.2, 0) is 13.0 Å². The molecule has 0 saturated carbocycles. The van der Waals surface area contributed by atoms with Crippen molar-refractivity contribution in [2.24, 2.45) is 5.92 Å². The molecule has 1 aliphatic heterocycles. The molecule has 0 saturated heterocycles. The average molecular weight is 313 g/mol. The van der Waals surface area contributed by atoms with Gasteiger partial charge in [0.05, 0.1) is 12.3 Å². The van der Waals surface area contributed by atoms with E-state index in [1.807, 2.05) is 29.8 Å². The van der Waals surface area contributed by atoms with Crippen LogP contribution in [-0.4, -0.2) is 28.8 Å². The van der Waals surface area contributed by atoms with Gasteiger partial charge in [0.15, 0.2) is 0 Å². The topological polar surface area (TPSA) is 56.2 Å². The molecule has 23 heavy (non-hydrogen) atoms. The number of nitrogens with one attached hydrogen (secondary N) is 1. The Balaban J connectivity index is 1.55. The molecule has 0 aliphatic carbocycles. The van der Waals surface area contributed by atoms with Gasteiger partial charge in [-0.3, -0.25) is 9.48 Å². The summed E-state index contributed by atoms with van der Waals surface area (Å²) in [6, 6.07) is 7.71. The van der Waals surface area contributed by atoms with E-state index in [1.165, 1.54) is 0 Å². The molecule has 0 bridgehead atoms. The van der Waals surface area contributed by atoms with Crippen molar-refractivity contribution < 1.29 is 9.53 Å². The molecule has 0 radical (unpaired) electrons. The Labute approximate surface area is 136 Å². The lowest BCUT2D eigenvalue weighted by molar-refractivity contribution is 0.0946. The van der Waals surface area contributed by atoms with Crippen LogP contribution in [0.2, 0.25) is 0 Å². The van der Waals surface area contributed by atoms with E-state index < -0.39 is 0 Å². The highest BCUT2D eigenvalue weighted by Gasteiger charge is 2.15. The molecule has 1 aromatic carbocycles. The Morgan fingerprint density at radius 2 is 2.22 bits per heavy atom. The first-order chi connectivity index (χ1) is 11.0. The fraction of sp³-hybridized carbons (Fsp3) is 0.444. The Hall–Kier alpha value is -2.30. The van der Waals surface area contributed by atoms with Gasteiger partial charge in [-0.25, -0.2) is 0 Å². The van der Waals surface area contributed by atoms with Crippen LogP contribution >= 0.6 is 0 Å². The average Bonchev–Trinajstić information content (AvgIpc) is 3.10. The molecule has 5 nitrogen and oxygen atoms in total. The van der Waals surface area contributed by atoms with E-state index in [0.717, 1.165) is 35.7 Å². The molecule has 1 unspecified atom stereocenters. The predicted molar refractivity (Wildman–Crippen MR) is 88.8 cm³/mol. The van der Waals surface area contributed by atoms with Crippen LogP contribution < -0.4 is 10.1 Å². The van der Waals surface area contributed by atoms with Crippen molar-refractivity contribution >= 4 is 5.91 Å². The quantitative estimate of drug-likeness (QED) is 0.923. The van der Waals surface area contributed by atoms with E-state index in [-0.39, 0.29) is 5.91 Å². The highest BCUT2D eigenvalue weighted by atomic mass is 16.5. The summed E-state index contributed by atoms with van der Waals surface area (Å²) < 4.78 is 7.47. The van der Waals surface area contributed by atoms with Crippen molar-refractivity contribution in [3.8, 4) is 5.75 Å². The van der Waals surface area contributed by atoms with E-state index in [2.05, 4.69) is 30.3 Å². The van der Waals surface area contributed by atoms with Gasteiger partial charge >= 0.3 is 0 Å². The summed E-state index contributed by atoms with van der Waals surface area (Å²) >= 11 is 0. The minimum Gasteiger partial charge on any atom is -0.493 e. The van der Waals surface area contributed by atoms with Gasteiger partial charge in [0.1, 0.15) is 5.75 Å². The summed E-state index contributed by atoms with van der Waals surface area (Å²) in [4.78, 5) is 12.3. The number of benzene rings is 1. The summed E-state index contributed by atoms with van der Waals surface area (Å²) in [7, 11) is 0. The van der Waals surface area contributed by atoms with Crippen LogP contribution in [0.3, 0.4) is 0 Å². The Bertz CT molecular complexity index is 721. The fourth-order valence-corrected chi connectivity index (χ4v) is 2.92. The maximum absolute atomic E-state index is 12.3. The van der Waals surface area contributed by atoms with Crippen LogP contribution in [0.5, 0.6) is 5.75 Å². The summed E-state index contributed by atoms with van der Waals surface area (Å²) in [5.74, 6) is 1.19. The number of fused-ring (bicyclic) bond motifs is 1. The molecule has 5 heteroatoms. The van der Waals surface area contributed by atoms with Crippen LogP contribution in [0.25, 0.3) is 0 Å². The van der Waals surface area contributed by atoms with Gasteiger partial charge < -0.3 is 10.1 Å². The van der Waals surface area contributed by atoms with Crippen molar-refractivity contribution in [1.29, 1.82) is 0 Å². The number of aryl methyl sites for hydroxylation is 2. The van der Waals surface area contributed by atoms with Gasteiger partial charge in [-0.05, 0) is 49.6 Å². The fourth-order valence-electron chi connectivity index (χ4n) is 2.92. The number of hydrogen-bond acceptors (Lipinski definition) is 3. The standard InChI is InChI=1S/C18H23N3O2/c1-12(11-21-14(3)8-13(2)20-21)10-19-18(22)16-4-5-17-15(9-16)6-7-23-17/h4-5,8-9,12H,6-7,10-11H2,1-3H3,(H,19,22). The van der Waals surface area contributed by atoms with Gasteiger partial charge in [0.2, 0.25) is 0 Å². The van der Waals surface area contributed by atoms with Crippen LogP contribution in [0.1, 0.15) is 34.2 Å². The second-order valence-electron chi connectivity index (χ2n) is 6.35. The number of rotatable bonds is 5. The monoisotopic (exact) mass is 313 g/mol. The molecular formula is C18H23N3O2. The predicted octanol–water partition coefficient (Wildman–Crippen LogP) is 2.50. The SMILES string of the molecule is Cc1cc(C)n(CC(C)CNC(=O)c2ccc3c(c2)CCO3)n1. The van der Waals surface area contributed by atoms with Crippen molar-refractivity contribution in [2.45, 2.75) is 33.7 Å². The first kappa shape index (κ1) is 15.6. The van der Waals surface area contributed by atoms with Crippen LogP contribution in [0.15, 0.2) is 24.3 Å². The highest BCUT2D eigenvalue weighted by Crippen LogP contribution is 2.25. The molecule has 0 fully saturated rings. The number of hydrogen-bond donors (Lipinski definition) is 1. The van der Waals surface area contributed by atoms with Gasteiger partial charge in [-0.2, -0.15) is 5.10 Å². The van der Waals surface area contributed by atoms with Crippen molar-refractivity contribution in [1.82, 2.24) is 15.1 Å². The summed E-state index contributed by atoms with van der Waals surface area (Å²) in [6.45, 7) is 8.31. The molecule has 2 heterocycles. The highest BCUT2D eigenvalue weighted by molar-refractivity contribution is 5.94. The summed E-state index contributed by atoms with van der Waals surface area (Å²) in [6.07, 6.45) is 0.880. The Morgan fingerprint density at radius 1 is 1.39 bits per heavy atom. The van der Waals surface area contributed by atoms with Crippen molar-refractivity contribution in [3.05, 3.63) is 46.8 Å². The molecule has 1 aromatic heterocycles. The maximum Gasteiger partial charge on any atom is 0.251 e. The maximum atomic E-state index is 12.3. The lowest BCUT2D eigenvalue weighted by atomic mass is 10.1. The molecule has 1 amide bonds. The third kappa shape index (κ3) is 3.55. The minimum atomic E-state index is -0.0279. The zero-order valence-electron chi connectivity index (χ0n) is 13.9. The van der Waals surface area contributed by atoms with Crippen LogP contribution in [0, 0.1) is 19.8 Å². The van der Waals surface area contributed by atoms with E-state index in [4.69, 9.17) is 4.74 Å². The Morgan fingerprint density at radius 3 is 2.96 bits per heavy atom.